The molecule has 0 saturated heterocycles. The first-order chi connectivity index (χ1) is 15.9. The second-order valence-corrected chi connectivity index (χ2v) is 8.60. The van der Waals surface area contributed by atoms with E-state index in [-0.39, 0.29) is 5.82 Å². The second kappa shape index (κ2) is 11.5. The Morgan fingerprint density at radius 1 is 1.21 bits per heavy atom. The minimum atomic E-state index is -1.05. The van der Waals surface area contributed by atoms with Gasteiger partial charge in [-0.05, 0) is 72.4 Å². The Kier molecular flexibility index (Phi) is 8.43. The number of carbonyl (C=O) groups excluding carboxylic acids is 1. The third kappa shape index (κ3) is 6.79. The van der Waals surface area contributed by atoms with Crippen molar-refractivity contribution < 1.29 is 19.1 Å². The molecule has 1 heterocycles. The zero-order valence-electron chi connectivity index (χ0n) is 18.5. The molecule has 2 aromatic carbocycles. The Morgan fingerprint density at radius 2 is 1.97 bits per heavy atom. The van der Waals surface area contributed by atoms with Crippen LogP contribution in [0.1, 0.15) is 33.6 Å². The highest BCUT2D eigenvalue weighted by Crippen LogP contribution is 2.22. The number of allylic oxidation sites excluding steroid dienone is 1. The molecule has 1 amide bonds. The van der Waals surface area contributed by atoms with Gasteiger partial charge in [0.2, 0.25) is 0 Å². The van der Waals surface area contributed by atoms with E-state index in [4.69, 9.17) is 0 Å². The van der Waals surface area contributed by atoms with Crippen molar-refractivity contribution in [2.24, 2.45) is 0 Å². The van der Waals surface area contributed by atoms with Crippen LogP contribution in [0.3, 0.4) is 0 Å². The second-order valence-electron chi connectivity index (χ2n) is 7.61. The van der Waals surface area contributed by atoms with Gasteiger partial charge in [-0.3, -0.25) is 4.79 Å². The molecule has 3 aromatic rings. The van der Waals surface area contributed by atoms with Crippen LogP contribution in [0.15, 0.2) is 61.1 Å². The number of thioether (sulfide) groups is 1. The zero-order chi connectivity index (χ0) is 23.8. The van der Waals surface area contributed by atoms with E-state index in [1.165, 1.54) is 23.9 Å². The van der Waals surface area contributed by atoms with Crippen LogP contribution in [0.5, 0.6) is 0 Å². The van der Waals surface area contributed by atoms with Crippen LogP contribution in [-0.2, 0) is 11.3 Å². The molecule has 0 unspecified atom stereocenters. The smallest absolute Gasteiger partial charge is 0.326 e. The van der Waals surface area contributed by atoms with E-state index >= 15 is 0 Å². The standard InChI is InChI=1S/C25H26FN3O3S/c1-17-14-27-16-29(17)15-21(19-6-8-22(26)9-7-19)13-18-4-3-5-20(12-18)24(30)28-23(25(31)32)10-11-33-2/h3-9,12-14,16,23H,10-11,15H2,1-2H3,(H,28,30)(H,31,32)/b21-13-/t23-/m0/s1. The van der Waals surface area contributed by atoms with E-state index in [2.05, 4.69) is 10.3 Å². The molecule has 1 aromatic heterocycles. The van der Waals surface area contributed by atoms with Crippen LogP contribution in [0, 0.1) is 12.7 Å². The molecule has 33 heavy (non-hydrogen) atoms. The third-order valence-corrected chi connectivity index (χ3v) is 5.82. The van der Waals surface area contributed by atoms with Crippen molar-refractivity contribution in [2.75, 3.05) is 12.0 Å². The molecule has 0 radical (unpaired) electrons. The number of aromatic nitrogens is 2. The lowest BCUT2D eigenvalue weighted by Crippen LogP contribution is -2.41. The molecule has 6 nitrogen and oxygen atoms in total. The first-order valence-electron chi connectivity index (χ1n) is 10.4. The van der Waals surface area contributed by atoms with E-state index in [1.807, 2.05) is 29.9 Å². The SMILES string of the molecule is CSCC[C@H](NC(=O)c1cccc(/C=C(/Cn2cncc2C)c2ccc(F)cc2)c1)C(=O)O. The fourth-order valence-corrected chi connectivity index (χ4v) is 3.80. The summed E-state index contributed by atoms with van der Waals surface area (Å²) in [6, 6.07) is 12.3. The maximum atomic E-state index is 13.5. The molecule has 2 N–H and O–H groups in total. The first kappa shape index (κ1) is 24.3. The number of nitrogens with zero attached hydrogens (tertiary/aromatic N) is 2. The highest BCUT2D eigenvalue weighted by molar-refractivity contribution is 7.98. The fraction of sp³-hybridized carbons (Fsp3) is 0.240. The van der Waals surface area contributed by atoms with Gasteiger partial charge in [-0.15, -0.1) is 0 Å². The van der Waals surface area contributed by atoms with Crippen LogP contribution in [0.2, 0.25) is 0 Å². The zero-order valence-corrected chi connectivity index (χ0v) is 19.3. The van der Waals surface area contributed by atoms with Gasteiger partial charge >= 0.3 is 5.97 Å². The van der Waals surface area contributed by atoms with E-state index in [1.54, 1.807) is 42.9 Å². The lowest BCUT2D eigenvalue weighted by Gasteiger charge is -2.14. The molecule has 172 valence electrons. The van der Waals surface area contributed by atoms with Crippen molar-refractivity contribution in [3.8, 4) is 0 Å². The molecule has 0 spiro atoms. The predicted molar refractivity (Wildman–Crippen MR) is 130 cm³/mol. The highest BCUT2D eigenvalue weighted by atomic mass is 32.2. The van der Waals surface area contributed by atoms with E-state index in [0.29, 0.717) is 24.3 Å². The summed E-state index contributed by atoms with van der Waals surface area (Å²) in [6.07, 6.45) is 7.67. The largest absolute Gasteiger partial charge is 0.480 e. The number of aryl methyl sites for hydroxylation is 1. The molecule has 1 atom stereocenters. The number of benzene rings is 2. The summed E-state index contributed by atoms with van der Waals surface area (Å²) in [4.78, 5) is 28.4. The van der Waals surface area contributed by atoms with Gasteiger partial charge in [0, 0.05) is 24.0 Å². The normalized spacial score (nSPS) is 12.4. The topological polar surface area (TPSA) is 84.2 Å². The monoisotopic (exact) mass is 467 g/mol. The van der Waals surface area contributed by atoms with Crippen molar-refractivity contribution in [1.29, 1.82) is 0 Å². The van der Waals surface area contributed by atoms with Gasteiger partial charge in [-0.25, -0.2) is 14.2 Å². The summed E-state index contributed by atoms with van der Waals surface area (Å²) in [5.74, 6) is -1.17. The van der Waals surface area contributed by atoms with Gasteiger partial charge in [-0.1, -0.05) is 24.3 Å². The molecule has 0 bridgehead atoms. The first-order valence-corrected chi connectivity index (χ1v) is 11.8. The van der Waals surface area contributed by atoms with Gasteiger partial charge in [-0.2, -0.15) is 11.8 Å². The molecule has 0 aliphatic carbocycles. The Balaban J connectivity index is 1.89. The number of halogens is 1. The van der Waals surface area contributed by atoms with Crippen molar-refractivity contribution in [1.82, 2.24) is 14.9 Å². The number of aliphatic carboxylic acids is 1. The van der Waals surface area contributed by atoms with Crippen LogP contribution in [0.25, 0.3) is 11.6 Å². The molecular weight excluding hydrogens is 441 g/mol. The molecule has 0 fully saturated rings. The number of imidazole rings is 1. The summed E-state index contributed by atoms with van der Waals surface area (Å²) in [5, 5.41) is 12.0. The Hall–Kier alpha value is -3.39. The summed E-state index contributed by atoms with van der Waals surface area (Å²) in [5.41, 5.74) is 3.90. The Morgan fingerprint density at radius 3 is 2.61 bits per heavy atom. The number of carboxylic acid groups (broad SMARTS) is 1. The minimum Gasteiger partial charge on any atom is -0.480 e. The van der Waals surface area contributed by atoms with Crippen molar-refractivity contribution in [2.45, 2.75) is 25.9 Å². The van der Waals surface area contributed by atoms with Gasteiger partial charge in [0.05, 0.1) is 6.33 Å². The predicted octanol–water partition coefficient (Wildman–Crippen LogP) is 4.51. The average molecular weight is 468 g/mol. The number of rotatable bonds is 10. The number of carboxylic acids is 1. The van der Waals surface area contributed by atoms with E-state index in [0.717, 1.165) is 22.4 Å². The summed E-state index contributed by atoms with van der Waals surface area (Å²) < 4.78 is 15.5. The number of hydrogen-bond donors (Lipinski definition) is 2. The summed E-state index contributed by atoms with van der Waals surface area (Å²) in [6.45, 7) is 2.47. The van der Waals surface area contributed by atoms with Crippen LogP contribution < -0.4 is 5.32 Å². The molecular formula is C25H26FN3O3S. The molecule has 0 saturated carbocycles. The number of hydrogen-bond acceptors (Lipinski definition) is 4. The summed E-state index contributed by atoms with van der Waals surface area (Å²) >= 11 is 1.53. The van der Waals surface area contributed by atoms with Crippen LogP contribution in [0.4, 0.5) is 4.39 Å². The van der Waals surface area contributed by atoms with Crippen molar-refractivity contribution >= 4 is 35.3 Å². The van der Waals surface area contributed by atoms with Crippen LogP contribution in [-0.4, -0.2) is 44.6 Å². The minimum absolute atomic E-state index is 0.315. The molecule has 3 rings (SSSR count). The van der Waals surface area contributed by atoms with Crippen molar-refractivity contribution in [3.05, 3.63) is 89.3 Å². The number of amides is 1. The van der Waals surface area contributed by atoms with Gasteiger partial charge < -0.3 is 15.0 Å². The molecule has 8 heteroatoms. The van der Waals surface area contributed by atoms with Gasteiger partial charge in [0.15, 0.2) is 0 Å². The molecule has 0 aliphatic rings. The number of nitrogens with one attached hydrogen (secondary N) is 1. The lowest BCUT2D eigenvalue weighted by atomic mass is 10.0. The Bertz CT molecular complexity index is 1140. The van der Waals surface area contributed by atoms with Crippen LogP contribution >= 0.6 is 11.8 Å². The fourth-order valence-electron chi connectivity index (χ4n) is 3.33. The highest BCUT2D eigenvalue weighted by Gasteiger charge is 2.20. The Labute approximate surface area is 196 Å². The molecule has 0 aliphatic heterocycles. The third-order valence-electron chi connectivity index (χ3n) is 5.18. The average Bonchev–Trinajstić information content (AvgIpc) is 3.21. The summed E-state index contributed by atoms with van der Waals surface area (Å²) in [7, 11) is 0. The van der Waals surface area contributed by atoms with E-state index in [9.17, 15) is 19.1 Å². The van der Waals surface area contributed by atoms with Crippen molar-refractivity contribution in [3.63, 3.8) is 0 Å². The quantitative estimate of drug-likeness (QED) is 0.429. The van der Waals surface area contributed by atoms with Gasteiger partial charge in [0.1, 0.15) is 11.9 Å². The van der Waals surface area contributed by atoms with E-state index < -0.39 is 17.9 Å². The maximum Gasteiger partial charge on any atom is 0.326 e. The number of carbonyl (C=O) groups is 2. The van der Waals surface area contributed by atoms with Gasteiger partial charge in [0.25, 0.3) is 5.91 Å². The lowest BCUT2D eigenvalue weighted by molar-refractivity contribution is -0.139. The maximum absolute atomic E-state index is 13.5.